The zero-order chi connectivity index (χ0) is 13.4. The molecule has 19 heavy (non-hydrogen) atoms. The Labute approximate surface area is 115 Å². The largest absolute Gasteiger partial charge is 0.380 e. The Hall–Kier alpha value is -0.900. The van der Waals surface area contributed by atoms with Gasteiger partial charge in [0.25, 0.3) is 0 Å². The van der Waals surface area contributed by atoms with E-state index < -0.39 is 0 Å². The van der Waals surface area contributed by atoms with Crippen LogP contribution in [-0.4, -0.2) is 31.2 Å². The van der Waals surface area contributed by atoms with E-state index >= 15 is 0 Å². The number of fused-ring (bicyclic) bond motifs is 1. The number of nitrogens with two attached hydrogens (primary N) is 1. The summed E-state index contributed by atoms with van der Waals surface area (Å²) < 4.78 is 5.64. The summed E-state index contributed by atoms with van der Waals surface area (Å²) in [5.41, 5.74) is 9.04. The maximum absolute atomic E-state index is 6.28. The fourth-order valence-electron chi connectivity index (χ4n) is 3.64. The predicted octanol–water partition coefficient (Wildman–Crippen LogP) is 2.49. The Kier molecular flexibility index (Phi) is 3.61. The van der Waals surface area contributed by atoms with Crippen LogP contribution in [0.5, 0.6) is 0 Å². The van der Waals surface area contributed by atoms with Gasteiger partial charge in [0.2, 0.25) is 0 Å². The van der Waals surface area contributed by atoms with Crippen LogP contribution in [0.2, 0.25) is 0 Å². The first kappa shape index (κ1) is 13.1. The molecule has 3 nitrogen and oxygen atoms in total. The molecule has 1 aromatic carbocycles. The lowest BCUT2D eigenvalue weighted by atomic mass is 9.93. The molecule has 1 fully saturated rings. The van der Waals surface area contributed by atoms with Gasteiger partial charge in [-0.3, -0.25) is 4.90 Å². The molecule has 3 heteroatoms. The van der Waals surface area contributed by atoms with Gasteiger partial charge in [0.1, 0.15) is 0 Å². The van der Waals surface area contributed by atoms with Crippen LogP contribution >= 0.6 is 0 Å². The van der Waals surface area contributed by atoms with Gasteiger partial charge in [0.15, 0.2) is 0 Å². The summed E-state index contributed by atoms with van der Waals surface area (Å²) in [6.07, 6.45) is 2.62. The SMILES string of the molecule is COC1CN(C2CC(N)c3ccccc32)CCC1C. The quantitative estimate of drug-likeness (QED) is 0.888. The maximum Gasteiger partial charge on any atom is 0.0724 e. The van der Waals surface area contributed by atoms with Crippen LogP contribution < -0.4 is 5.73 Å². The van der Waals surface area contributed by atoms with Gasteiger partial charge in [-0.15, -0.1) is 0 Å². The summed E-state index contributed by atoms with van der Waals surface area (Å²) in [6, 6.07) is 9.33. The molecule has 1 aromatic rings. The van der Waals surface area contributed by atoms with Crippen LogP contribution in [0.25, 0.3) is 0 Å². The lowest BCUT2D eigenvalue weighted by molar-refractivity contribution is -0.0198. The van der Waals surface area contributed by atoms with Gasteiger partial charge >= 0.3 is 0 Å². The molecular weight excluding hydrogens is 236 g/mol. The maximum atomic E-state index is 6.28. The molecule has 1 saturated heterocycles. The van der Waals surface area contributed by atoms with Crippen molar-refractivity contribution in [2.75, 3.05) is 20.2 Å². The molecule has 4 atom stereocenters. The number of hydrogen-bond donors (Lipinski definition) is 1. The zero-order valence-corrected chi connectivity index (χ0v) is 11.9. The molecule has 0 saturated carbocycles. The topological polar surface area (TPSA) is 38.5 Å². The third-order valence-corrected chi connectivity index (χ3v) is 4.90. The number of benzene rings is 1. The third kappa shape index (κ3) is 2.31. The van der Waals surface area contributed by atoms with E-state index in [4.69, 9.17) is 10.5 Å². The molecule has 4 unspecified atom stereocenters. The van der Waals surface area contributed by atoms with Crippen LogP contribution in [0, 0.1) is 5.92 Å². The molecule has 1 heterocycles. The van der Waals surface area contributed by atoms with Gasteiger partial charge in [-0.05, 0) is 36.4 Å². The molecule has 2 N–H and O–H groups in total. The highest BCUT2D eigenvalue weighted by Gasteiger charge is 2.36. The Morgan fingerprint density at radius 1 is 1.26 bits per heavy atom. The van der Waals surface area contributed by atoms with Crippen molar-refractivity contribution < 1.29 is 4.74 Å². The van der Waals surface area contributed by atoms with Crippen molar-refractivity contribution in [3.63, 3.8) is 0 Å². The van der Waals surface area contributed by atoms with Crippen molar-refractivity contribution in [1.29, 1.82) is 0 Å². The summed E-state index contributed by atoms with van der Waals surface area (Å²) in [7, 11) is 1.83. The number of likely N-dealkylation sites (tertiary alicyclic amines) is 1. The van der Waals surface area contributed by atoms with Crippen LogP contribution in [0.3, 0.4) is 0 Å². The normalized spacial score (nSPS) is 35.3. The van der Waals surface area contributed by atoms with Crippen molar-refractivity contribution in [3.05, 3.63) is 35.4 Å². The van der Waals surface area contributed by atoms with E-state index in [0.717, 1.165) is 19.5 Å². The number of piperidine rings is 1. The van der Waals surface area contributed by atoms with E-state index in [-0.39, 0.29) is 6.04 Å². The molecule has 0 amide bonds. The minimum absolute atomic E-state index is 0.196. The molecule has 1 aliphatic carbocycles. The molecule has 3 rings (SSSR count). The number of ether oxygens (including phenoxy) is 1. The van der Waals surface area contributed by atoms with Crippen molar-refractivity contribution in [3.8, 4) is 0 Å². The average molecular weight is 260 g/mol. The third-order valence-electron chi connectivity index (χ3n) is 4.90. The van der Waals surface area contributed by atoms with Gasteiger partial charge in [-0.25, -0.2) is 0 Å². The molecule has 104 valence electrons. The fourth-order valence-corrected chi connectivity index (χ4v) is 3.64. The van der Waals surface area contributed by atoms with E-state index in [9.17, 15) is 0 Å². The minimum Gasteiger partial charge on any atom is -0.380 e. The first-order chi connectivity index (χ1) is 9.20. The predicted molar refractivity (Wildman–Crippen MR) is 76.9 cm³/mol. The second kappa shape index (κ2) is 5.23. The Bertz CT molecular complexity index is 448. The average Bonchev–Trinajstić information content (AvgIpc) is 2.77. The highest BCUT2D eigenvalue weighted by Crippen LogP contribution is 2.42. The Balaban J connectivity index is 1.81. The standard InChI is InChI=1S/C16H24N2O/c1-11-7-8-18(10-16(11)19-2)15-9-14(17)12-5-3-4-6-13(12)15/h3-6,11,14-16H,7-10,17H2,1-2H3. The number of methoxy groups -OCH3 is 1. The lowest BCUT2D eigenvalue weighted by Crippen LogP contribution is -2.45. The second-order valence-corrected chi connectivity index (χ2v) is 6.02. The van der Waals surface area contributed by atoms with Crippen LogP contribution in [-0.2, 0) is 4.74 Å². The van der Waals surface area contributed by atoms with Crippen molar-refractivity contribution >= 4 is 0 Å². The van der Waals surface area contributed by atoms with E-state index in [2.05, 4.69) is 36.1 Å². The molecular formula is C16H24N2O. The van der Waals surface area contributed by atoms with Gasteiger partial charge in [-0.1, -0.05) is 31.2 Å². The summed E-state index contributed by atoms with van der Waals surface area (Å²) in [5.74, 6) is 0.659. The summed E-state index contributed by atoms with van der Waals surface area (Å²) in [5, 5.41) is 0. The second-order valence-electron chi connectivity index (χ2n) is 6.02. The molecule has 0 radical (unpaired) electrons. The monoisotopic (exact) mass is 260 g/mol. The fraction of sp³-hybridized carbons (Fsp3) is 0.625. The summed E-state index contributed by atoms with van der Waals surface area (Å²) >= 11 is 0. The van der Waals surface area contributed by atoms with E-state index in [1.54, 1.807) is 0 Å². The van der Waals surface area contributed by atoms with Crippen molar-refractivity contribution in [1.82, 2.24) is 4.90 Å². The van der Waals surface area contributed by atoms with Crippen LogP contribution in [0.1, 0.15) is 43.0 Å². The van der Waals surface area contributed by atoms with Crippen LogP contribution in [0.15, 0.2) is 24.3 Å². The van der Waals surface area contributed by atoms with E-state index in [1.807, 2.05) is 7.11 Å². The van der Waals surface area contributed by atoms with E-state index in [1.165, 1.54) is 17.5 Å². The first-order valence-corrected chi connectivity index (χ1v) is 7.32. The van der Waals surface area contributed by atoms with Gasteiger partial charge < -0.3 is 10.5 Å². The van der Waals surface area contributed by atoms with Gasteiger partial charge in [0.05, 0.1) is 6.10 Å². The molecule has 0 aromatic heterocycles. The number of nitrogens with zero attached hydrogens (tertiary/aromatic N) is 1. The van der Waals surface area contributed by atoms with Crippen molar-refractivity contribution in [2.45, 2.75) is 38.0 Å². The van der Waals surface area contributed by atoms with E-state index in [0.29, 0.717) is 18.1 Å². The van der Waals surface area contributed by atoms with Gasteiger partial charge in [0, 0.05) is 25.7 Å². The van der Waals surface area contributed by atoms with Crippen LogP contribution in [0.4, 0.5) is 0 Å². The smallest absolute Gasteiger partial charge is 0.0724 e. The number of rotatable bonds is 2. The minimum atomic E-state index is 0.196. The molecule has 2 aliphatic rings. The Morgan fingerprint density at radius 2 is 2.00 bits per heavy atom. The Morgan fingerprint density at radius 3 is 2.74 bits per heavy atom. The molecule has 1 aliphatic heterocycles. The first-order valence-electron chi connectivity index (χ1n) is 7.32. The summed E-state index contributed by atoms with van der Waals surface area (Å²) in [6.45, 7) is 4.48. The number of hydrogen-bond acceptors (Lipinski definition) is 3. The highest BCUT2D eigenvalue weighted by molar-refractivity contribution is 5.37. The van der Waals surface area contributed by atoms with Crippen molar-refractivity contribution in [2.24, 2.45) is 11.7 Å². The summed E-state index contributed by atoms with van der Waals surface area (Å²) in [4.78, 5) is 2.57. The molecule has 0 spiro atoms. The molecule has 0 bridgehead atoms. The van der Waals surface area contributed by atoms with Gasteiger partial charge in [-0.2, -0.15) is 0 Å². The highest BCUT2D eigenvalue weighted by atomic mass is 16.5. The lowest BCUT2D eigenvalue weighted by Gasteiger charge is -2.39. The zero-order valence-electron chi connectivity index (χ0n) is 11.9.